The molecule has 6 heteroatoms. The van der Waals surface area contributed by atoms with Crippen LogP contribution in [0.25, 0.3) is 28.9 Å². The minimum Gasteiger partial charge on any atom is -0.297 e. The first-order valence-electron chi connectivity index (χ1n) is 39.5. The number of carbonyl (C=O) groups is 2. The van der Waals surface area contributed by atoms with Crippen molar-refractivity contribution in [2.45, 2.75) is 323 Å². The lowest BCUT2D eigenvalue weighted by Gasteiger charge is -2.35. The Morgan fingerprint density at radius 2 is 0.458 bits per heavy atom. The van der Waals surface area contributed by atoms with Crippen molar-refractivity contribution in [2.24, 2.45) is 0 Å². The van der Waals surface area contributed by atoms with E-state index in [0.29, 0.717) is 0 Å². The standard InChI is InChI=1S/C90H120O2S4/c1-9-17-25-33-41-65-49-66(42-34-26-18-10-2)54-73(53-65)89(74-55-67(43-35-27-19-11-3)50-68(56-74)44-36-28-20-12-4)79-61-77(63-91)93-83(79)85-81(89)87-88(95-85)82-86(96-87)84-80(62-78(64-92)94-84)90(82,75-57-69(45-37-29-21-13-5)51-70(58-75)46-38-30-22-14-6)76-59-71(47-39-31-23-15-7)52-72(60-76)48-40-32-24-16-8/h49-64H,9-48H2,1-8H3. The minimum absolute atomic E-state index is 0.683. The summed E-state index contributed by atoms with van der Waals surface area (Å²) < 4.78 is 2.82. The van der Waals surface area contributed by atoms with Crippen LogP contribution in [-0.4, -0.2) is 12.6 Å². The molecule has 8 aromatic rings. The highest BCUT2D eigenvalue weighted by Crippen LogP contribution is 2.70. The fraction of sp³-hybridized carbons (Fsp3) is 0.556. The van der Waals surface area contributed by atoms with E-state index in [2.05, 4.69) is 163 Å². The Morgan fingerprint density at radius 1 is 0.250 bits per heavy atom. The number of hydrogen-bond donors (Lipinski definition) is 0. The van der Waals surface area contributed by atoms with Crippen molar-refractivity contribution in [3.8, 4) is 19.5 Å². The van der Waals surface area contributed by atoms with Gasteiger partial charge < -0.3 is 0 Å². The molecular weight excluding hydrogens is 1240 g/mol. The van der Waals surface area contributed by atoms with Gasteiger partial charge in [-0.25, -0.2) is 0 Å². The van der Waals surface area contributed by atoms with Gasteiger partial charge in [-0.05, 0) is 193 Å². The molecule has 0 unspecified atom stereocenters. The highest BCUT2D eigenvalue weighted by Gasteiger charge is 2.55. The predicted octanol–water partition coefficient (Wildman–Crippen LogP) is 28.4. The largest absolute Gasteiger partial charge is 0.297 e. The summed E-state index contributed by atoms with van der Waals surface area (Å²) in [6.45, 7) is 18.7. The molecule has 4 heterocycles. The number of rotatable bonds is 46. The molecule has 0 spiro atoms. The molecule has 2 nitrogen and oxygen atoms in total. The lowest BCUT2D eigenvalue weighted by Crippen LogP contribution is -2.30. The van der Waals surface area contributed by atoms with Gasteiger partial charge in [0, 0.05) is 11.1 Å². The third-order valence-corrected chi connectivity index (χ3v) is 26.7. The Labute approximate surface area is 598 Å². The number of fused-ring (bicyclic) bond motifs is 9. The van der Waals surface area contributed by atoms with E-state index in [0.717, 1.165) is 73.7 Å². The Hall–Kier alpha value is -4.72. The summed E-state index contributed by atoms with van der Waals surface area (Å²) in [4.78, 5) is 34.4. The summed E-state index contributed by atoms with van der Waals surface area (Å²) in [5, 5.41) is 0. The summed E-state index contributed by atoms with van der Waals surface area (Å²) in [5.41, 5.74) is 21.5. The Bertz CT molecular complexity index is 3250. The van der Waals surface area contributed by atoms with E-state index in [-0.39, 0.29) is 0 Å². The maximum Gasteiger partial charge on any atom is 0.160 e. The number of benzene rings is 4. The van der Waals surface area contributed by atoms with Crippen molar-refractivity contribution in [3.05, 3.63) is 184 Å². The molecule has 4 aromatic heterocycles. The van der Waals surface area contributed by atoms with Crippen molar-refractivity contribution >= 4 is 67.3 Å². The summed E-state index contributed by atoms with van der Waals surface area (Å²) in [5.74, 6) is 0. The molecule has 2 aliphatic carbocycles. The second-order valence-corrected chi connectivity index (χ2v) is 33.6. The van der Waals surface area contributed by atoms with Gasteiger partial charge >= 0.3 is 0 Å². The molecule has 0 aliphatic heterocycles. The summed E-state index contributed by atoms with van der Waals surface area (Å²) >= 11 is 7.62. The third-order valence-electron chi connectivity index (χ3n) is 21.7. The maximum atomic E-state index is 13.7. The van der Waals surface area contributed by atoms with E-state index < -0.39 is 10.8 Å². The fourth-order valence-electron chi connectivity index (χ4n) is 16.7. The quantitative estimate of drug-likeness (QED) is 0.0281. The SMILES string of the molecule is CCCCCCc1cc(CCCCCC)cc(C2(c3cc(CCCCCC)cc(CCCCCC)c3)c3cc(C=O)sc3-c3sc4c5c(sc4c32)-c2sc(C=O)cc2C5(c2cc(CCCCCC)cc(CCCCCC)c2)c2cc(CCCCCC)cc(CCCCCC)c2)c1. The number of hydrogen-bond acceptors (Lipinski definition) is 6. The first kappa shape index (κ1) is 74.0. The molecule has 0 saturated carbocycles. The van der Waals surface area contributed by atoms with Crippen LogP contribution in [-0.2, 0) is 62.2 Å². The fourth-order valence-corrected chi connectivity index (χ4v) is 22.2. The van der Waals surface area contributed by atoms with Crippen LogP contribution in [0.5, 0.6) is 0 Å². The summed E-state index contributed by atoms with van der Waals surface area (Å²) in [7, 11) is 0. The molecule has 96 heavy (non-hydrogen) atoms. The first-order valence-corrected chi connectivity index (χ1v) is 42.8. The monoisotopic (exact) mass is 1360 g/mol. The van der Waals surface area contributed by atoms with Gasteiger partial charge in [-0.15, -0.1) is 45.3 Å². The van der Waals surface area contributed by atoms with Crippen LogP contribution in [0.4, 0.5) is 0 Å². The van der Waals surface area contributed by atoms with Crippen LogP contribution in [0, 0.1) is 0 Å². The summed E-state index contributed by atoms with van der Waals surface area (Å²) in [6, 6.07) is 36.6. The van der Waals surface area contributed by atoms with Crippen LogP contribution in [0.15, 0.2) is 84.9 Å². The second-order valence-electron chi connectivity index (χ2n) is 29.4. The lowest BCUT2D eigenvalue weighted by atomic mass is 9.65. The Balaban J connectivity index is 1.35. The molecule has 516 valence electrons. The molecule has 0 atom stereocenters. The van der Waals surface area contributed by atoms with E-state index >= 15 is 0 Å². The molecule has 4 aromatic carbocycles. The van der Waals surface area contributed by atoms with E-state index in [1.54, 1.807) is 22.7 Å². The Kier molecular flexibility index (Phi) is 28.6. The molecule has 0 fully saturated rings. The van der Waals surface area contributed by atoms with Gasteiger partial charge in [0.15, 0.2) is 12.6 Å². The number of aldehydes is 2. The number of carbonyl (C=O) groups excluding carboxylic acids is 2. The van der Waals surface area contributed by atoms with Crippen molar-refractivity contribution in [1.29, 1.82) is 0 Å². The van der Waals surface area contributed by atoms with Crippen LogP contribution >= 0.6 is 45.3 Å². The van der Waals surface area contributed by atoms with Gasteiger partial charge in [0.25, 0.3) is 0 Å². The second kappa shape index (κ2) is 37.1. The molecule has 0 saturated heterocycles. The maximum absolute atomic E-state index is 13.7. The predicted molar refractivity (Wildman–Crippen MR) is 424 cm³/mol. The van der Waals surface area contributed by atoms with Gasteiger partial charge in [0.05, 0.1) is 49.5 Å². The highest BCUT2D eigenvalue weighted by atomic mass is 32.1. The smallest absolute Gasteiger partial charge is 0.160 e. The van der Waals surface area contributed by atoms with Crippen LogP contribution < -0.4 is 0 Å². The van der Waals surface area contributed by atoms with E-state index in [1.165, 1.54) is 323 Å². The normalized spacial score (nSPS) is 13.5. The zero-order valence-electron chi connectivity index (χ0n) is 61.0. The molecule has 10 rings (SSSR count). The molecular formula is C90H120O2S4. The number of aryl methyl sites for hydroxylation is 8. The van der Waals surface area contributed by atoms with Crippen molar-refractivity contribution in [2.75, 3.05) is 0 Å². The van der Waals surface area contributed by atoms with Gasteiger partial charge in [0.1, 0.15) is 0 Å². The molecule has 0 radical (unpaired) electrons. The molecule has 0 amide bonds. The third kappa shape index (κ3) is 16.8. The van der Waals surface area contributed by atoms with Crippen molar-refractivity contribution in [1.82, 2.24) is 0 Å². The van der Waals surface area contributed by atoms with Crippen LogP contribution in [0.2, 0.25) is 0 Å². The van der Waals surface area contributed by atoms with Crippen LogP contribution in [0.1, 0.15) is 369 Å². The number of unbranched alkanes of at least 4 members (excludes halogenated alkanes) is 24. The molecule has 2 aliphatic rings. The van der Waals surface area contributed by atoms with Crippen molar-refractivity contribution in [3.63, 3.8) is 0 Å². The Morgan fingerprint density at radius 3 is 0.646 bits per heavy atom. The van der Waals surface area contributed by atoms with Crippen LogP contribution in [0.3, 0.4) is 0 Å². The van der Waals surface area contributed by atoms with Gasteiger partial charge in [-0.3, -0.25) is 9.59 Å². The molecule has 0 bridgehead atoms. The van der Waals surface area contributed by atoms with Gasteiger partial charge in [0.2, 0.25) is 0 Å². The zero-order chi connectivity index (χ0) is 67.3. The molecule has 0 N–H and O–H groups in total. The zero-order valence-corrected chi connectivity index (χ0v) is 64.2. The first-order chi connectivity index (χ1) is 47.2. The van der Waals surface area contributed by atoms with Gasteiger partial charge in [-0.2, -0.15) is 0 Å². The average molecular weight is 1360 g/mol. The number of thiophene rings is 4. The van der Waals surface area contributed by atoms with E-state index in [4.69, 9.17) is 0 Å². The van der Waals surface area contributed by atoms with Crippen molar-refractivity contribution < 1.29 is 9.59 Å². The highest BCUT2D eigenvalue weighted by molar-refractivity contribution is 7.34. The summed E-state index contributed by atoms with van der Waals surface area (Å²) in [6.07, 6.45) is 50.3. The minimum atomic E-state index is -0.683. The van der Waals surface area contributed by atoms with E-state index in [9.17, 15) is 9.59 Å². The topological polar surface area (TPSA) is 34.1 Å². The average Bonchev–Trinajstić information content (AvgIpc) is 1.49. The lowest BCUT2D eigenvalue weighted by molar-refractivity contribution is 0.111. The van der Waals surface area contributed by atoms with Gasteiger partial charge in [-0.1, -0.05) is 282 Å². The van der Waals surface area contributed by atoms with E-state index in [1.807, 2.05) is 0 Å².